The molecular formula is C13H17N3O2. The van der Waals surface area contributed by atoms with Crippen molar-refractivity contribution in [2.75, 3.05) is 14.2 Å². The summed E-state index contributed by atoms with van der Waals surface area (Å²) in [6.45, 7) is 2.11. The van der Waals surface area contributed by atoms with Gasteiger partial charge in [-0.1, -0.05) is 6.92 Å². The third-order valence-corrected chi connectivity index (χ3v) is 2.67. The lowest BCUT2D eigenvalue weighted by Crippen LogP contribution is -1.91. The summed E-state index contributed by atoms with van der Waals surface area (Å²) in [5.41, 5.74) is 0.858. The monoisotopic (exact) mass is 247 g/mol. The molecule has 2 aromatic rings. The van der Waals surface area contributed by atoms with Crippen LogP contribution in [0.1, 0.15) is 19.2 Å². The lowest BCUT2D eigenvalue weighted by molar-refractivity contribution is 0.395. The second kappa shape index (κ2) is 5.53. The van der Waals surface area contributed by atoms with Gasteiger partial charge in [-0.25, -0.2) is 4.98 Å². The van der Waals surface area contributed by atoms with Crippen molar-refractivity contribution in [1.82, 2.24) is 15.2 Å². The quantitative estimate of drug-likeness (QED) is 0.881. The van der Waals surface area contributed by atoms with Gasteiger partial charge in [0, 0.05) is 12.5 Å². The molecule has 5 nitrogen and oxygen atoms in total. The Bertz CT molecular complexity index is 523. The number of benzene rings is 1. The topological polar surface area (TPSA) is 60.0 Å². The average Bonchev–Trinajstić information content (AvgIpc) is 2.87. The van der Waals surface area contributed by atoms with Gasteiger partial charge in [-0.05, 0) is 18.6 Å². The van der Waals surface area contributed by atoms with Crippen LogP contribution in [0, 0.1) is 0 Å². The predicted octanol–water partition coefficient (Wildman–Crippen LogP) is 2.44. The average molecular weight is 247 g/mol. The highest BCUT2D eigenvalue weighted by Crippen LogP contribution is 2.31. The largest absolute Gasteiger partial charge is 0.497 e. The van der Waals surface area contributed by atoms with Gasteiger partial charge in [-0.15, -0.1) is 0 Å². The van der Waals surface area contributed by atoms with Crippen molar-refractivity contribution in [2.24, 2.45) is 0 Å². The lowest BCUT2D eigenvalue weighted by atomic mass is 10.2. The molecule has 1 aromatic carbocycles. The first-order valence-corrected chi connectivity index (χ1v) is 5.92. The number of H-pyrrole nitrogens is 1. The summed E-state index contributed by atoms with van der Waals surface area (Å²) < 4.78 is 10.5. The maximum atomic E-state index is 5.34. The number of aromatic amines is 1. The van der Waals surface area contributed by atoms with Crippen LogP contribution in [-0.4, -0.2) is 29.4 Å². The van der Waals surface area contributed by atoms with Gasteiger partial charge >= 0.3 is 0 Å². The summed E-state index contributed by atoms with van der Waals surface area (Å²) in [4.78, 5) is 4.45. The second-order valence-electron chi connectivity index (χ2n) is 3.92. The molecule has 0 radical (unpaired) electrons. The zero-order valence-corrected chi connectivity index (χ0v) is 10.9. The van der Waals surface area contributed by atoms with Crippen molar-refractivity contribution < 1.29 is 9.47 Å². The van der Waals surface area contributed by atoms with Crippen molar-refractivity contribution in [3.63, 3.8) is 0 Å². The van der Waals surface area contributed by atoms with E-state index in [2.05, 4.69) is 22.1 Å². The normalized spacial score (nSPS) is 10.4. The Morgan fingerprint density at radius 3 is 2.72 bits per heavy atom. The number of hydrogen-bond donors (Lipinski definition) is 1. The minimum absolute atomic E-state index is 0.651. The number of rotatable bonds is 5. The molecule has 0 fully saturated rings. The minimum atomic E-state index is 0.651. The predicted molar refractivity (Wildman–Crippen MR) is 68.9 cm³/mol. The first-order chi connectivity index (χ1) is 8.78. The summed E-state index contributed by atoms with van der Waals surface area (Å²) in [7, 11) is 3.25. The summed E-state index contributed by atoms with van der Waals surface area (Å²) >= 11 is 0. The van der Waals surface area contributed by atoms with E-state index >= 15 is 0 Å². The number of aryl methyl sites for hydroxylation is 1. The highest BCUT2D eigenvalue weighted by atomic mass is 16.5. The Kier molecular flexibility index (Phi) is 3.82. The van der Waals surface area contributed by atoms with E-state index in [9.17, 15) is 0 Å². The minimum Gasteiger partial charge on any atom is -0.497 e. The van der Waals surface area contributed by atoms with Crippen molar-refractivity contribution in [2.45, 2.75) is 19.8 Å². The maximum absolute atomic E-state index is 5.34. The molecule has 0 aliphatic heterocycles. The third kappa shape index (κ3) is 2.45. The molecule has 0 saturated carbocycles. The standard InChI is InChI=1S/C13H17N3O2/c1-4-5-12-14-13(16-15-12)10-7-6-9(17-2)8-11(10)18-3/h6-8H,4-5H2,1-3H3,(H,14,15,16). The van der Waals surface area contributed by atoms with Gasteiger partial charge in [-0.3, -0.25) is 5.10 Å². The van der Waals surface area contributed by atoms with Gasteiger partial charge in [0.1, 0.15) is 17.3 Å². The van der Waals surface area contributed by atoms with E-state index in [4.69, 9.17) is 9.47 Å². The molecule has 0 spiro atoms. The highest BCUT2D eigenvalue weighted by molar-refractivity contribution is 5.65. The van der Waals surface area contributed by atoms with E-state index in [0.29, 0.717) is 11.6 Å². The Labute approximate surface area is 106 Å². The van der Waals surface area contributed by atoms with Crippen LogP contribution >= 0.6 is 0 Å². The highest BCUT2D eigenvalue weighted by Gasteiger charge is 2.12. The zero-order valence-electron chi connectivity index (χ0n) is 10.9. The van der Waals surface area contributed by atoms with E-state index in [1.807, 2.05) is 18.2 Å². The van der Waals surface area contributed by atoms with Gasteiger partial charge in [0.05, 0.1) is 19.8 Å². The molecule has 0 aliphatic rings. The van der Waals surface area contributed by atoms with Crippen molar-refractivity contribution in [1.29, 1.82) is 0 Å². The summed E-state index contributed by atoms with van der Waals surface area (Å²) in [6.07, 6.45) is 1.93. The molecule has 96 valence electrons. The number of hydrogen-bond acceptors (Lipinski definition) is 4. The van der Waals surface area contributed by atoms with E-state index < -0.39 is 0 Å². The van der Waals surface area contributed by atoms with Crippen LogP contribution in [0.15, 0.2) is 18.2 Å². The smallest absolute Gasteiger partial charge is 0.184 e. The molecule has 0 saturated heterocycles. The van der Waals surface area contributed by atoms with Gasteiger partial charge in [0.25, 0.3) is 0 Å². The first kappa shape index (κ1) is 12.4. The molecule has 0 aliphatic carbocycles. The van der Waals surface area contributed by atoms with Gasteiger partial charge in [0.2, 0.25) is 0 Å². The molecule has 2 rings (SSSR count). The summed E-state index contributed by atoms with van der Waals surface area (Å²) in [5, 5.41) is 7.15. The first-order valence-electron chi connectivity index (χ1n) is 5.92. The van der Waals surface area contributed by atoms with E-state index in [-0.39, 0.29) is 0 Å². The fourth-order valence-corrected chi connectivity index (χ4v) is 1.75. The fourth-order valence-electron chi connectivity index (χ4n) is 1.75. The molecular weight excluding hydrogens is 230 g/mol. The lowest BCUT2D eigenvalue weighted by Gasteiger charge is -2.07. The van der Waals surface area contributed by atoms with Gasteiger partial charge < -0.3 is 9.47 Å². The van der Waals surface area contributed by atoms with Crippen LogP contribution in [0.2, 0.25) is 0 Å². The molecule has 1 aromatic heterocycles. The van der Waals surface area contributed by atoms with Crippen molar-refractivity contribution in [3.05, 3.63) is 24.0 Å². The Balaban J connectivity index is 2.36. The molecule has 0 amide bonds. The van der Waals surface area contributed by atoms with Crippen LogP contribution in [0.5, 0.6) is 11.5 Å². The van der Waals surface area contributed by atoms with Crippen LogP contribution in [0.3, 0.4) is 0 Å². The molecule has 5 heteroatoms. The number of aromatic nitrogens is 3. The van der Waals surface area contributed by atoms with E-state index in [1.54, 1.807) is 14.2 Å². The molecule has 0 bridgehead atoms. The number of nitrogens with zero attached hydrogens (tertiary/aromatic N) is 2. The van der Waals surface area contributed by atoms with Gasteiger partial charge in [-0.2, -0.15) is 5.10 Å². The Morgan fingerprint density at radius 1 is 1.22 bits per heavy atom. The molecule has 18 heavy (non-hydrogen) atoms. The Morgan fingerprint density at radius 2 is 2.06 bits per heavy atom. The number of methoxy groups -OCH3 is 2. The van der Waals surface area contributed by atoms with Crippen molar-refractivity contribution >= 4 is 0 Å². The van der Waals surface area contributed by atoms with E-state index in [0.717, 1.165) is 30.0 Å². The summed E-state index contributed by atoms with van der Waals surface area (Å²) in [5.74, 6) is 3.00. The third-order valence-electron chi connectivity index (χ3n) is 2.67. The van der Waals surface area contributed by atoms with E-state index in [1.165, 1.54) is 0 Å². The molecule has 0 unspecified atom stereocenters. The number of ether oxygens (including phenoxy) is 2. The van der Waals surface area contributed by atoms with Crippen molar-refractivity contribution in [3.8, 4) is 22.9 Å². The van der Waals surface area contributed by atoms with Crippen LogP contribution in [0.4, 0.5) is 0 Å². The molecule has 1 heterocycles. The van der Waals surface area contributed by atoms with Gasteiger partial charge in [0.15, 0.2) is 5.82 Å². The molecule has 1 N–H and O–H groups in total. The van der Waals surface area contributed by atoms with Crippen LogP contribution < -0.4 is 9.47 Å². The fraction of sp³-hybridized carbons (Fsp3) is 0.385. The zero-order chi connectivity index (χ0) is 13.0. The van der Waals surface area contributed by atoms with Crippen LogP contribution in [-0.2, 0) is 6.42 Å². The van der Waals surface area contributed by atoms with Crippen LogP contribution in [0.25, 0.3) is 11.4 Å². The molecule has 0 atom stereocenters. The second-order valence-corrected chi connectivity index (χ2v) is 3.92. The Hall–Kier alpha value is -2.04. The maximum Gasteiger partial charge on any atom is 0.184 e. The number of nitrogens with one attached hydrogen (secondary N) is 1. The summed E-state index contributed by atoms with van der Waals surface area (Å²) in [6, 6.07) is 5.59. The SMILES string of the molecule is CCCc1nc(-c2ccc(OC)cc2OC)n[nH]1.